The van der Waals surface area contributed by atoms with E-state index in [2.05, 4.69) is 6.58 Å². The van der Waals surface area contributed by atoms with E-state index in [4.69, 9.17) is 14.2 Å². The Morgan fingerprint density at radius 1 is 1.08 bits per heavy atom. The summed E-state index contributed by atoms with van der Waals surface area (Å²) in [5.74, 6) is -7.62. The van der Waals surface area contributed by atoms with Gasteiger partial charge in [-0.05, 0) is 51.0 Å². The van der Waals surface area contributed by atoms with Gasteiger partial charge in [0.25, 0.3) is 0 Å². The van der Waals surface area contributed by atoms with Crippen LogP contribution in [0.4, 0.5) is 0 Å². The molecule has 0 aromatic heterocycles. The van der Waals surface area contributed by atoms with Crippen molar-refractivity contribution < 1.29 is 43.6 Å². The molecule has 1 saturated carbocycles. The fraction of sp³-hybridized carbons (Fsp3) is 0.643. The summed E-state index contributed by atoms with van der Waals surface area (Å²) in [5.41, 5.74) is -7.53. The van der Waals surface area contributed by atoms with Gasteiger partial charge in [0.2, 0.25) is 5.79 Å². The van der Waals surface area contributed by atoms with E-state index in [0.717, 1.165) is 5.57 Å². The summed E-state index contributed by atoms with van der Waals surface area (Å²) in [6.07, 6.45) is 5.17. The van der Waals surface area contributed by atoms with Gasteiger partial charge in [-0.15, -0.1) is 0 Å². The number of fused-ring (bicyclic) bond motifs is 9. The van der Waals surface area contributed by atoms with Crippen LogP contribution in [0.1, 0.15) is 52.9 Å². The minimum Gasteiger partial charge on any atom is -0.455 e. The Labute approximate surface area is 213 Å². The molecule has 0 radical (unpaired) electrons. The number of esters is 2. The highest BCUT2D eigenvalue weighted by Crippen LogP contribution is 2.73. The molecule has 2 N–H and O–H groups in total. The number of carbonyl (C=O) groups excluding carboxylic acids is 4. The molecule has 4 aliphatic heterocycles. The van der Waals surface area contributed by atoms with Gasteiger partial charge in [-0.3, -0.25) is 9.59 Å². The van der Waals surface area contributed by atoms with Crippen LogP contribution in [0.2, 0.25) is 0 Å². The van der Waals surface area contributed by atoms with E-state index in [1.165, 1.54) is 6.92 Å². The molecule has 1 spiro atoms. The Morgan fingerprint density at radius 3 is 2.54 bits per heavy atom. The van der Waals surface area contributed by atoms with Crippen molar-refractivity contribution in [2.45, 2.75) is 81.6 Å². The lowest BCUT2D eigenvalue weighted by Crippen LogP contribution is -2.77. The summed E-state index contributed by atoms with van der Waals surface area (Å²) < 4.78 is 18.0. The van der Waals surface area contributed by atoms with Crippen LogP contribution >= 0.6 is 0 Å². The van der Waals surface area contributed by atoms with Gasteiger partial charge in [0.15, 0.2) is 22.6 Å². The van der Waals surface area contributed by atoms with E-state index in [9.17, 15) is 29.4 Å². The zero-order chi connectivity index (χ0) is 26.6. The van der Waals surface area contributed by atoms with Crippen LogP contribution in [0.15, 0.2) is 36.0 Å². The van der Waals surface area contributed by atoms with Crippen LogP contribution in [-0.4, -0.2) is 62.4 Å². The molecule has 0 amide bonds. The molecule has 10 atom stereocenters. The molecule has 0 aromatic rings. The Bertz CT molecular complexity index is 1310. The highest BCUT2D eigenvalue weighted by molar-refractivity contribution is 6.01. The summed E-state index contributed by atoms with van der Waals surface area (Å²) in [7, 11) is 0. The number of Topliss-reactive ketones (excluding diaryl/α,β-unsaturated/α-hetero) is 2. The van der Waals surface area contributed by atoms with E-state index in [1.54, 1.807) is 19.9 Å². The molecule has 9 nitrogen and oxygen atoms in total. The average molecular weight is 511 g/mol. The molecule has 3 aliphatic carbocycles. The lowest BCUT2D eigenvalue weighted by Gasteiger charge is -2.60. The van der Waals surface area contributed by atoms with Crippen molar-refractivity contribution in [3.63, 3.8) is 0 Å². The van der Waals surface area contributed by atoms with Crippen LogP contribution in [-0.2, 0) is 33.4 Å². The molecular weight excluding hydrogens is 480 g/mol. The molecule has 4 saturated heterocycles. The second-order valence-electron chi connectivity index (χ2n) is 12.6. The maximum Gasteiger partial charge on any atom is 0.342 e. The molecule has 9 heteroatoms. The van der Waals surface area contributed by atoms with Gasteiger partial charge in [0.1, 0.15) is 11.9 Å². The summed E-state index contributed by atoms with van der Waals surface area (Å²) in [6.45, 7) is 8.91. The minimum absolute atomic E-state index is 0.0271. The van der Waals surface area contributed by atoms with Crippen LogP contribution in [0.25, 0.3) is 0 Å². The highest BCUT2D eigenvalue weighted by atomic mass is 16.7. The third-order valence-electron chi connectivity index (χ3n) is 11.3. The van der Waals surface area contributed by atoms with E-state index < -0.39 is 75.0 Å². The maximum absolute atomic E-state index is 14.5. The Hall–Kier alpha value is -2.62. The molecule has 7 aliphatic rings. The van der Waals surface area contributed by atoms with Crippen molar-refractivity contribution in [2.75, 3.05) is 0 Å². The number of allylic oxidation sites excluding steroid dienone is 4. The second kappa shape index (κ2) is 6.33. The van der Waals surface area contributed by atoms with Crippen molar-refractivity contribution >= 4 is 23.5 Å². The summed E-state index contributed by atoms with van der Waals surface area (Å²) in [4.78, 5) is 54.4. The van der Waals surface area contributed by atoms with Crippen molar-refractivity contribution in [1.82, 2.24) is 0 Å². The third kappa shape index (κ3) is 2.12. The van der Waals surface area contributed by atoms with Crippen LogP contribution in [0.3, 0.4) is 0 Å². The van der Waals surface area contributed by atoms with E-state index in [0.29, 0.717) is 0 Å². The first-order valence-corrected chi connectivity index (χ1v) is 13.0. The number of rotatable bonds is 0. The number of ether oxygens (including phenoxy) is 3. The zero-order valence-electron chi connectivity index (χ0n) is 21.0. The predicted molar refractivity (Wildman–Crippen MR) is 124 cm³/mol. The smallest absolute Gasteiger partial charge is 0.342 e. The molecule has 0 aromatic carbocycles. The first-order valence-electron chi connectivity index (χ1n) is 13.0. The Kier molecular flexibility index (Phi) is 4.02. The summed E-state index contributed by atoms with van der Waals surface area (Å²) in [5, 5.41) is 24.6. The molecular formula is C28H30O9. The largest absolute Gasteiger partial charge is 0.455 e. The van der Waals surface area contributed by atoms with Crippen molar-refractivity contribution in [1.29, 1.82) is 0 Å². The normalized spacial score (nSPS) is 55.4. The predicted octanol–water partition coefficient (Wildman–Crippen LogP) is 1.46. The van der Waals surface area contributed by atoms with Crippen molar-refractivity contribution in [3.8, 4) is 0 Å². The molecule has 4 heterocycles. The van der Waals surface area contributed by atoms with Gasteiger partial charge in [-0.1, -0.05) is 31.7 Å². The van der Waals surface area contributed by atoms with Gasteiger partial charge in [0.05, 0.1) is 11.3 Å². The van der Waals surface area contributed by atoms with Crippen LogP contribution in [0.5, 0.6) is 0 Å². The van der Waals surface area contributed by atoms with Gasteiger partial charge in [0, 0.05) is 23.3 Å². The van der Waals surface area contributed by atoms with E-state index in [1.807, 2.05) is 12.2 Å². The SMILES string of the molecule is C=C1C(=O)O[C@@H]2C[C@@]1(C)C1C(=O)[C@@]3(O)O[C@@]14[C@@](O)(CCC1C3CC=C3C=CCC(=O)[C@@]31C)C(=O)O[C@@]24C. The third-order valence-corrected chi connectivity index (χ3v) is 11.3. The lowest BCUT2D eigenvalue weighted by atomic mass is 9.47. The number of carbonyl (C=O) groups is 4. The van der Waals surface area contributed by atoms with Gasteiger partial charge in [-0.2, -0.15) is 0 Å². The van der Waals surface area contributed by atoms with Crippen LogP contribution < -0.4 is 0 Å². The molecule has 7 rings (SSSR count). The molecule has 5 fully saturated rings. The second-order valence-corrected chi connectivity index (χ2v) is 12.6. The van der Waals surface area contributed by atoms with Crippen molar-refractivity contribution in [2.24, 2.45) is 28.6 Å². The molecule has 196 valence electrons. The standard InChI is InChI=1S/C28H30O9/c1-13-21(31)35-18-12-23(13,2)19-20(30)27(34)16-9-8-14-6-5-7-17(29)24(14,3)15(16)10-11-26(33)22(32)36-25(18,4)28(19,26)37-27/h5-6,8,15-16,18-19,33-34H,1,7,9-12H2,2-4H3/t15?,16?,18-,19?,23-,24+,25+,26-,27+,28+/m1/s1. The maximum atomic E-state index is 14.5. The van der Waals surface area contributed by atoms with Gasteiger partial charge >= 0.3 is 11.9 Å². The number of aliphatic hydroxyl groups is 2. The summed E-state index contributed by atoms with van der Waals surface area (Å²) >= 11 is 0. The number of hydrogen-bond acceptors (Lipinski definition) is 9. The molecule has 3 unspecified atom stereocenters. The minimum atomic E-state index is -2.44. The van der Waals surface area contributed by atoms with E-state index in [-0.39, 0.29) is 43.5 Å². The Morgan fingerprint density at radius 2 is 1.81 bits per heavy atom. The van der Waals surface area contributed by atoms with Gasteiger partial charge < -0.3 is 24.4 Å². The first-order chi connectivity index (χ1) is 17.2. The topological polar surface area (TPSA) is 136 Å². The number of hydrogen-bond donors (Lipinski definition) is 2. The molecule has 37 heavy (non-hydrogen) atoms. The fourth-order valence-electron chi connectivity index (χ4n) is 9.19. The van der Waals surface area contributed by atoms with Crippen molar-refractivity contribution in [3.05, 3.63) is 36.0 Å². The molecule has 4 bridgehead atoms. The first kappa shape index (κ1) is 23.5. The lowest BCUT2D eigenvalue weighted by molar-refractivity contribution is -0.339. The highest BCUT2D eigenvalue weighted by Gasteiger charge is 2.91. The average Bonchev–Trinajstić information content (AvgIpc) is 3.19. The summed E-state index contributed by atoms with van der Waals surface area (Å²) in [6, 6.07) is 0. The fourth-order valence-corrected chi connectivity index (χ4v) is 9.19. The van der Waals surface area contributed by atoms with Gasteiger partial charge in [-0.25, -0.2) is 9.59 Å². The van der Waals surface area contributed by atoms with E-state index >= 15 is 0 Å². The number of ketones is 2. The zero-order valence-corrected chi connectivity index (χ0v) is 21.0. The quantitative estimate of drug-likeness (QED) is 0.367. The monoisotopic (exact) mass is 510 g/mol. The van der Waals surface area contributed by atoms with Crippen LogP contribution in [0, 0.1) is 28.6 Å². The Balaban J connectivity index is 1.51.